The number of likely N-dealkylation sites (tertiary alicyclic amines) is 2. The Morgan fingerprint density at radius 3 is 2.22 bits per heavy atom. The number of nitrogens with one attached hydrogen (secondary N) is 1. The van der Waals surface area contributed by atoms with Gasteiger partial charge in [-0.1, -0.05) is 30.3 Å². The van der Waals surface area contributed by atoms with E-state index in [1.54, 1.807) is 12.0 Å². The summed E-state index contributed by atoms with van der Waals surface area (Å²) >= 11 is 0. The van der Waals surface area contributed by atoms with Crippen LogP contribution in [0.1, 0.15) is 54.4 Å². The SMILES string of the molecule is COCCOC(=O)CCN1CCC(N2CCN(C(=O)[C@@H](Cc3cc(C)c(O)c(C)c3)OC(=O)N3CCC(N4CCc5ccccc5NC4=O)CC3)CC2)CC1. The number of phenolic OH excluding ortho intramolecular Hbond substituents is 1. The van der Waals surface area contributed by atoms with Crippen molar-refractivity contribution in [1.29, 1.82) is 0 Å². The first-order chi connectivity index (χ1) is 26.6. The lowest BCUT2D eigenvalue weighted by Crippen LogP contribution is -2.56. The molecule has 0 bridgehead atoms. The maximum absolute atomic E-state index is 14.2. The van der Waals surface area contributed by atoms with Crippen LogP contribution < -0.4 is 5.32 Å². The minimum Gasteiger partial charge on any atom is -0.507 e. The highest BCUT2D eigenvalue weighted by atomic mass is 16.6. The summed E-state index contributed by atoms with van der Waals surface area (Å²) in [4.78, 5) is 63.2. The average Bonchev–Trinajstić information content (AvgIpc) is 3.37. The number of aromatic hydroxyl groups is 1. The number of piperazine rings is 1. The molecule has 300 valence electrons. The molecule has 0 saturated carbocycles. The minimum atomic E-state index is -1.01. The fourth-order valence-electron chi connectivity index (χ4n) is 8.43. The number of aryl methyl sites for hydroxylation is 2. The maximum Gasteiger partial charge on any atom is 0.410 e. The van der Waals surface area contributed by atoms with Gasteiger partial charge in [0, 0.05) is 83.7 Å². The molecule has 2 N–H and O–H groups in total. The van der Waals surface area contributed by atoms with Crippen LogP contribution >= 0.6 is 0 Å². The van der Waals surface area contributed by atoms with Gasteiger partial charge >= 0.3 is 18.1 Å². The predicted molar refractivity (Wildman–Crippen MR) is 207 cm³/mol. The molecule has 14 nitrogen and oxygen atoms in total. The summed E-state index contributed by atoms with van der Waals surface area (Å²) in [6, 6.07) is 11.9. The number of piperidine rings is 2. The Bertz CT molecular complexity index is 1630. The number of anilines is 1. The summed E-state index contributed by atoms with van der Waals surface area (Å²) in [6.45, 7) is 10.9. The topological polar surface area (TPSA) is 144 Å². The van der Waals surface area contributed by atoms with Crippen molar-refractivity contribution in [3.05, 3.63) is 58.7 Å². The third-order valence-electron chi connectivity index (χ3n) is 11.7. The number of carbonyl (C=O) groups excluding carboxylic acids is 4. The molecule has 6 rings (SSSR count). The molecule has 0 unspecified atom stereocenters. The molecule has 0 radical (unpaired) electrons. The van der Waals surface area contributed by atoms with Crippen LogP contribution in [0.4, 0.5) is 15.3 Å². The van der Waals surface area contributed by atoms with Gasteiger partial charge in [0.25, 0.3) is 5.91 Å². The number of ether oxygens (including phenoxy) is 3. The van der Waals surface area contributed by atoms with Crippen molar-refractivity contribution < 1.29 is 38.5 Å². The van der Waals surface area contributed by atoms with Crippen molar-refractivity contribution in [1.82, 2.24) is 24.5 Å². The number of para-hydroxylation sites is 1. The Hall–Kier alpha value is -4.40. The number of rotatable bonds is 12. The third-order valence-corrected chi connectivity index (χ3v) is 11.7. The molecule has 2 aromatic carbocycles. The first-order valence-electron chi connectivity index (χ1n) is 19.9. The van der Waals surface area contributed by atoms with Crippen LogP contribution in [0.2, 0.25) is 0 Å². The van der Waals surface area contributed by atoms with E-state index in [1.807, 2.05) is 60.0 Å². The minimum absolute atomic E-state index is 0.00249. The van der Waals surface area contributed by atoms with Gasteiger partial charge in [-0.25, -0.2) is 9.59 Å². The molecular weight excluding hydrogens is 704 g/mol. The van der Waals surface area contributed by atoms with Crippen molar-refractivity contribution in [2.45, 2.75) is 77.0 Å². The van der Waals surface area contributed by atoms with Crippen molar-refractivity contribution >= 4 is 29.7 Å². The highest BCUT2D eigenvalue weighted by molar-refractivity contribution is 5.91. The van der Waals surface area contributed by atoms with E-state index in [1.165, 1.54) is 0 Å². The van der Waals surface area contributed by atoms with Crippen molar-refractivity contribution in [3.63, 3.8) is 0 Å². The number of esters is 1. The Labute approximate surface area is 324 Å². The highest BCUT2D eigenvalue weighted by Gasteiger charge is 2.36. The van der Waals surface area contributed by atoms with Crippen LogP contribution in [0.25, 0.3) is 0 Å². The zero-order chi connectivity index (χ0) is 38.9. The van der Waals surface area contributed by atoms with Crippen molar-refractivity contribution in [3.8, 4) is 5.75 Å². The molecule has 4 heterocycles. The number of urea groups is 1. The molecule has 0 aliphatic carbocycles. The van der Waals surface area contributed by atoms with E-state index in [0.717, 1.165) is 62.3 Å². The molecule has 14 heteroatoms. The van der Waals surface area contributed by atoms with Gasteiger partial charge in [0.2, 0.25) is 0 Å². The van der Waals surface area contributed by atoms with E-state index in [-0.39, 0.29) is 42.7 Å². The van der Waals surface area contributed by atoms with Gasteiger partial charge in [-0.2, -0.15) is 0 Å². The third kappa shape index (κ3) is 10.5. The van der Waals surface area contributed by atoms with Crippen LogP contribution in [-0.4, -0.2) is 158 Å². The molecule has 1 atom stereocenters. The van der Waals surface area contributed by atoms with Gasteiger partial charge in [0.15, 0.2) is 6.10 Å². The molecule has 4 aliphatic heterocycles. The average molecular weight is 763 g/mol. The summed E-state index contributed by atoms with van der Waals surface area (Å²) in [7, 11) is 1.58. The molecule has 3 fully saturated rings. The molecular formula is C41H58N6O8. The van der Waals surface area contributed by atoms with Crippen LogP contribution in [0.5, 0.6) is 5.75 Å². The van der Waals surface area contributed by atoms with Crippen LogP contribution in [0.3, 0.4) is 0 Å². The number of nitrogens with zero attached hydrogens (tertiary/aromatic N) is 5. The molecule has 3 saturated heterocycles. The smallest absolute Gasteiger partial charge is 0.410 e. The summed E-state index contributed by atoms with van der Waals surface area (Å²) in [5, 5.41) is 13.4. The summed E-state index contributed by atoms with van der Waals surface area (Å²) in [5.74, 6) is -0.190. The van der Waals surface area contributed by atoms with E-state index in [4.69, 9.17) is 14.2 Å². The molecule has 55 heavy (non-hydrogen) atoms. The zero-order valence-electron chi connectivity index (χ0n) is 32.7. The van der Waals surface area contributed by atoms with Crippen molar-refractivity contribution in [2.24, 2.45) is 0 Å². The Balaban J connectivity index is 1.01. The number of hydrogen-bond acceptors (Lipinski definition) is 10. The number of methoxy groups -OCH3 is 1. The number of fused-ring (bicyclic) bond motifs is 1. The summed E-state index contributed by atoms with van der Waals surface area (Å²) in [6.07, 6.45) is 3.04. The number of amides is 4. The monoisotopic (exact) mass is 762 g/mol. The van der Waals surface area contributed by atoms with E-state index < -0.39 is 12.2 Å². The lowest BCUT2D eigenvalue weighted by atomic mass is 10.00. The largest absolute Gasteiger partial charge is 0.507 e. The number of phenols is 1. The second-order valence-corrected chi connectivity index (χ2v) is 15.3. The Morgan fingerprint density at radius 2 is 1.53 bits per heavy atom. The number of carbonyl (C=O) groups is 4. The Morgan fingerprint density at radius 1 is 0.855 bits per heavy atom. The predicted octanol–water partition coefficient (Wildman–Crippen LogP) is 3.80. The van der Waals surface area contributed by atoms with E-state index >= 15 is 0 Å². The van der Waals surface area contributed by atoms with Gasteiger partial charge in [-0.15, -0.1) is 0 Å². The fraction of sp³-hybridized carbons (Fsp3) is 0.610. The molecule has 4 amide bonds. The lowest BCUT2D eigenvalue weighted by Gasteiger charge is -2.43. The fourth-order valence-corrected chi connectivity index (χ4v) is 8.43. The second-order valence-electron chi connectivity index (χ2n) is 15.3. The summed E-state index contributed by atoms with van der Waals surface area (Å²) in [5.41, 5.74) is 4.19. The van der Waals surface area contributed by atoms with E-state index in [0.29, 0.717) is 82.3 Å². The molecule has 4 aliphatic rings. The molecule has 0 spiro atoms. The van der Waals surface area contributed by atoms with Crippen LogP contribution in [0.15, 0.2) is 36.4 Å². The first kappa shape index (κ1) is 40.3. The van der Waals surface area contributed by atoms with Crippen LogP contribution in [0, 0.1) is 13.8 Å². The maximum atomic E-state index is 14.2. The highest BCUT2D eigenvalue weighted by Crippen LogP contribution is 2.27. The van der Waals surface area contributed by atoms with Gasteiger partial charge in [0.05, 0.1) is 13.0 Å². The van der Waals surface area contributed by atoms with Gasteiger partial charge < -0.3 is 44.2 Å². The standard InChI is InChI=1S/C41H58N6O8/c1-29-26-31(27-30(2)38(29)49)28-36(55-41(52)46-17-11-34(12-18-46)47-19-8-32-6-4-5-7-35(32)42-40(47)51)39(50)45-22-20-44(21-23-45)33-9-14-43(15-10-33)16-13-37(48)54-25-24-53-3/h4-7,26-27,33-34,36,49H,8-25,28H2,1-3H3,(H,42,51)/t36-/m1/s1. The second kappa shape index (κ2) is 19.0. The van der Waals surface area contributed by atoms with Crippen LogP contribution in [-0.2, 0) is 36.6 Å². The quantitative estimate of drug-likeness (QED) is 0.242. The van der Waals surface area contributed by atoms with Crippen molar-refractivity contribution in [2.75, 3.05) is 91.1 Å². The van der Waals surface area contributed by atoms with Gasteiger partial charge in [0.1, 0.15) is 12.4 Å². The number of benzene rings is 2. The molecule has 2 aromatic rings. The first-order valence-corrected chi connectivity index (χ1v) is 19.9. The molecule has 0 aromatic heterocycles. The number of hydrogen-bond donors (Lipinski definition) is 2. The van der Waals surface area contributed by atoms with Gasteiger partial charge in [-0.05, 0) is 87.4 Å². The normalized spacial score (nSPS) is 19.7. The van der Waals surface area contributed by atoms with Gasteiger partial charge in [-0.3, -0.25) is 14.5 Å². The Kier molecular flexibility index (Phi) is 13.9. The lowest BCUT2D eigenvalue weighted by molar-refractivity contribution is -0.145. The van der Waals surface area contributed by atoms with E-state index in [9.17, 15) is 24.3 Å². The summed E-state index contributed by atoms with van der Waals surface area (Å²) < 4.78 is 16.2. The zero-order valence-corrected chi connectivity index (χ0v) is 32.7. The van der Waals surface area contributed by atoms with E-state index in [2.05, 4.69) is 15.1 Å².